The molecule has 0 unspecified atom stereocenters. The Bertz CT molecular complexity index is 812. The van der Waals surface area contributed by atoms with E-state index in [4.69, 9.17) is 6.42 Å². The van der Waals surface area contributed by atoms with Crippen LogP contribution in [0.4, 0.5) is 0 Å². The lowest BCUT2D eigenvalue weighted by molar-refractivity contribution is -0.122. The van der Waals surface area contributed by atoms with E-state index in [1.54, 1.807) is 0 Å². The predicted octanol–water partition coefficient (Wildman–Crippen LogP) is 2.54. The number of amides is 1. The molecule has 2 aromatic rings. The molecule has 25 heavy (non-hydrogen) atoms. The number of aromatic nitrogens is 1. The third kappa shape index (κ3) is 4.25. The summed E-state index contributed by atoms with van der Waals surface area (Å²) in [5.74, 6) is 2.47. The van der Waals surface area contributed by atoms with Crippen LogP contribution in [0.3, 0.4) is 0 Å². The van der Waals surface area contributed by atoms with Crippen molar-refractivity contribution in [2.45, 2.75) is 43.8 Å². The summed E-state index contributed by atoms with van der Waals surface area (Å²) in [5, 5.41) is 21.7. The third-order valence-electron chi connectivity index (χ3n) is 4.53. The van der Waals surface area contributed by atoms with Crippen LogP contribution in [0.2, 0.25) is 0 Å². The Morgan fingerprint density at radius 2 is 2.16 bits per heavy atom. The molecule has 0 saturated carbocycles. The minimum absolute atomic E-state index is 0.101. The first-order valence-electron chi connectivity index (χ1n) is 8.48. The number of carbonyl (C=O) groups excluding carboxylic acids is 1. The molecule has 0 fully saturated rings. The number of hydrogen-bond acceptors (Lipinski definition) is 4. The largest absolute Gasteiger partial charge is 0.394 e. The van der Waals surface area contributed by atoms with E-state index < -0.39 is 5.66 Å². The van der Waals surface area contributed by atoms with Crippen molar-refractivity contribution >= 4 is 16.8 Å². The SMILES string of the molecule is C#CCCC1(CCC(=O)N[C@H](CO)Cc2c[nH]c3ccccc23)N=N1. The van der Waals surface area contributed by atoms with E-state index in [1.807, 2.05) is 30.5 Å². The van der Waals surface area contributed by atoms with Gasteiger partial charge in [-0.15, -0.1) is 12.3 Å². The van der Waals surface area contributed by atoms with Crippen molar-refractivity contribution in [2.24, 2.45) is 10.2 Å². The summed E-state index contributed by atoms with van der Waals surface area (Å²) in [6.07, 6.45) is 9.94. The fourth-order valence-electron chi connectivity index (χ4n) is 3.01. The van der Waals surface area contributed by atoms with Gasteiger partial charge in [0.25, 0.3) is 0 Å². The molecule has 6 heteroatoms. The summed E-state index contributed by atoms with van der Waals surface area (Å²) in [6.45, 7) is -0.109. The number of H-pyrrole nitrogens is 1. The van der Waals surface area contributed by atoms with Crippen molar-refractivity contribution in [2.75, 3.05) is 6.61 Å². The minimum Gasteiger partial charge on any atom is -0.394 e. The topological polar surface area (TPSA) is 89.8 Å². The number of aromatic amines is 1. The van der Waals surface area contributed by atoms with Crippen LogP contribution in [0.15, 0.2) is 40.7 Å². The van der Waals surface area contributed by atoms with Crippen molar-refractivity contribution in [1.29, 1.82) is 0 Å². The lowest BCUT2D eigenvalue weighted by atomic mass is 10.0. The Morgan fingerprint density at radius 1 is 1.36 bits per heavy atom. The van der Waals surface area contributed by atoms with Crippen molar-refractivity contribution in [3.05, 3.63) is 36.0 Å². The van der Waals surface area contributed by atoms with Gasteiger partial charge in [-0.2, -0.15) is 10.2 Å². The van der Waals surface area contributed by atoms with Crippen LogP contribution in [-0.4, -0.2) is 34.3 Å². The fraction of sp³-hybridized carbons (Fsp3) is 0.421. The maximum absolute atomic E-state index is 12.2. The van der Waals surface area contributed by atoms with Crippen molar-refractivity contribution in [3.63, 3.8) is 0 Å². The van der Waals surface area contributed by atoms with Gasteiger partial charge >= 0.3 is 0 Å². The molecule has 130 valence electrons. The van der Waals surface area contributed by atoms with Gasteiger partial charge in [-0.1, -0.05) is 18.2 Å². The van der Waals surface area contributed by atoms with Gasteiger partial charge in [0, 0.05) is 42.8 Å². The number of nitrogens with one attached hydrogen (secondary N) is 2. The molecule has 0 saturated heterocycles. The number of aliphatic hydroxyl groups is 1. The van der Waals surface area contributed by atoms with Crippen molar-refractivity contribution < 1.29 is 9.90 Å². The Labute approximate surface area is 146 Å². The second kappa shape index (κ2) is 7.49. The van der Waals surface area contributed by atoms with Gasteiger partial charge in [0.1, 0.15) is 0 Å². The second-order valence-corrected chi connectivity index (χ2v) is 6.40. The zero-order valence-electron chi connectivity index (χ0n) is 14.0. The number of aliphatic hydroxyl groups excluding tert-OH is 1. The molecule has 0 spiro atoms. The number of benzene rings is 1. The zero-order valence-corrected chi connectivity index (χ0v) is 14.0. The number of nitrogens with zero attached hydrogens (tertiary/aromatic N) is 2. The highest BCUT2D eigenvalue weighted by Gasteiger charge is 2.39. The lowest BCUT2D eigenvalue weighted by Crippen LogP contribution is -2.39. The molecular formula is C19H22N4O2. The Balaban J connectivity index is 1.52. The van der Waals surface area contributed by atoms with Crippen LogP contribution in [0.5, 0.6) is 0 Å². The summed E-state index contributed by atoms with van der Waals surface area (Å²) in [5.41, 5.74) is 1.68. The van der Waals surface area contributed by atoms with Crippen LogP contribution in [0.25, 0.3) is 10.9 Å². The molecule has 1 amide bonds. The monoisotopic (exact) mass is 338 g/mol. The maximum atomic E-state index is 12.2. The molecule has 0 aliphatic carbocycles. The first kappa shape index (κ1) is 17.2. The number of fused-ring (bicyclic) bond motifs is 1. The molecule has 0 bridgehead atoms. The highest BCUT2D eigenvalue weighted by Crippen LogP contribution is 2.37. The summed E-state index contributed by atoms with van der Waals surface area (Å²) >= 11 is 0. The average Bonchev–Trinajstić information content (AvgIpc) is 3.30. The van der Waals surface area contributed by atoms with E-state index in [2.05, 4.69) is 26.4 Å². The van der Waals surface area contributed by atoms with E-state index in [0.717, 1.165) is 16.5 Å². The van der Waals surface area contributed by atoms with E-state index in [1.165, 1.54) is 0 Å². The fourth-order valence-corrected chi connectivity index (χ4v) is 3.01. The average molecular weight is 338 g/mol. The van der Waals surface area contributed by atoms with E-state index in [0.29, 0.717) is 32.1 Å². The van der Waals surface area contributed by atoms with Crippen molar-refractivity contribution in [3.8, 4) is 12.3 Å². The third-order valence-corrected chi connectivity index (χ3v) is 4.53. The molecule has 1 aliphatic rings. The molecule has 3 rings (SSSR count). The van der Waals surface area contributed by atoms with Gasteiger partial charge in [-0.3, -0.25) is 4.79 Å². The smallest absolute Gasteiger partial charge is 0.220 e. The van der Waals surface area contributed by atoms with Crippen LogP contribution < -0.4 is 5.32 Å². The van der Waals surface area contributed by atoms with Crippen LogP contribution >= 0.6 is 0 Å². The van der Waals surface area contributed by atoms with Crippen molar-refractivity contribution in [1.82, 2.24) is 10.3 Å². The van der Waals surface area contributed by atoms with Crippen LogP contribution in [-0.2, 0) is 11.2 Å². The first-order valence-corrected chi connectivity index (χ1v) is 8.48. The number of hydrogen-bond donors (Lipinski definition) is 3. The zero-order chi connectivity index (χ0) is 17.7. The second-order valence-electron chi connectivity index (χ2n) is 6.40. The number of terminal acetylenes is 1. The number of carbonyl (C=O) groups is 1. The molecule has 6 nitrogen and oxygen atoms in total. The molecule has 3 N–H and O–H groups in total. The number of rotatable bonds is 9. The van der Waals surface area contributed by atoms with Crippen LogP contribution in [0, 0.1) is 12.3 Å². The maximum Gasteiger partial charge on any atom is 0.220 e. The van der Waals surface area contributed by atoms with Gasteiger partial charge in [0.05, 0.1) is 12.6 Å². The predicted molar refractivity (Wildman–Crippen MR) is 95.9 cm³/mol. The van der Waals surface area contributed by atoms with Gasteiger partial charge in [-0.05, 0) is 18.1 Å². The summed E-state index contributed by atoms with van der Waals surface area (Å²) in [4.78, 5) is 15.4. The number of para-hydroxylation sites is 1. The summed E-state index contributed by atoms with van der Waals surface area (Å²) in [6, 6.07) is 7.66. The summed E-state index contributed by atoms with van der Waals surface area (Å²) < 4.78 is 0. The first-order chi connectivity index (χ1) is 12.2. The van der Waals surface area contributed by atoms with Gasteiger partial charge in [0.2, 0.25) is 5.91 Å². The molecule has 1 aromatic heterocycles. The minimum atomic E-state index is -0.449. The molecular weight excluding hydrogens is 316 g/mol. The molecule has 1 atom stereocenters. The van der Waals surface area contributed by atoms with E-state index >= 15 is 0 Å². The van der Waals surface area contributed by atoms with Gasteiger partial charge < -0.3 is 15.4 Å². The lowest BCUT2D eigenvalue weighted by Gasteiger charge is -2.17. The summed E-state index contributed by atoms with van der Waals surface area (Å²) in [7, 11) is 0. The standard InChI is InChI=1S/C19H22N4O2/c1-2-3-9-19(22-23-19)10-8-18(25)21-15(13-24)11-14-12-20-17-7-5-4-6-16(14)17/h1,4-7,12,15,20,24H,3,8-11,13H2,(H,21,25)/t15-/m0/s1. The van der Waals surface area contributed by atoms with Gasteiger partial charge in [0.15, 0.2) is 5.66 Å². The molecule has 1 aliphatic heterocycles. The van der Waals surface area contributed by atoms with Gasteiger partial charge in [-0.25, -0.2) is 0 Å². The highest BCUT2D eigenvalue weighted by molar-refractivity contribution is 5.83. The van der Waals surface area contributed by atoms with E-state index in [-0.39, 0.29) is 18.6 Å². The quantitative estimate of drug-likeness (QED) is 0.613. The van der Waals surface area contributed by atoms with E-state index in [9.17, 15) is 9.90 Å². The normalized spacial score (nSPS) is 15.7. The van der Waals surface area contributed by atoms with Crippen LogP contribution in [0.1, 0.15) is 31.2 Å². The Kier molecular flexibility index (Phi) is 5.15. The Morgan fingerprint density at radius 3 is 2.88 bits per heavy atom. The molecule has 2 heterocycles. The molecule has 0 radical (unpaired) electrons. The Hall–Kier alpha value is -2.65. The molecule has 1 aromatic carbocycles. The highest BCUT2D eigenvalue weighted by atomic mass is 16.3.